The fourth-order valence-corrected chi connectivity index (χ4v) is 3.13. The van der Waals surface area contributed by atoms with Crippen LogP contribution in [0.3, 0.4) is 0 Å². The third-order valence-electron chi connectivity index (χ3n) is 2.97. The number of hydrogen-bond donors (Lipinski definition) is 1. The summed E-state index contributed by atoms with van der Waals surface area (Å²) in [5, 5.41) is 11.9. The number of carbonyl (C=O) groups excluding carboxylic acids is 1. The molecule has 0 fully saturated rings. The number of anilines is 1. The lowest BCUT2D eigenvalue weighted by Crippen LogP contribution is -2.18. The molecule has 0 bridgehead atoms. The van der Waals surface area contributed by atoms with Gasteiger partial charge in [0.05, 0.1) is 21.9 Å². The van der Waals surface area contributed by atoms with Crippen molar-refractivity contribution in [2.24, 2.45) is 0 Å². The van der Waals surface area contributed by atoms with Gasteiger partial charge in [-0.05, 0) is 23.6 Å². The molecule has 3 aromatic rings. The Morgan fingerprint density at radius 3 is 2.72 bits per heavy atom. The lowest BCUT2D eigenvalue weighted by Gasteiger charge is -2.13. The molecule has 0 spiro atoms. The number of halogens is 3. The monoisotopic (exact) mass is 385 g/mol. The number of alkyl halides is 3. The van der Waals surface area contributed by atoms with Gasteiger partial charge in [-0.2, -0.15) is 13.2 Å². The van der Waals surface area contributed by atoms with Crippen molar-refractivity contribution in [3.63, 3.8) is 0 Å². The van der Waals surface area contributed by atoms with Crippen molar-refractivity contribution in [2.45, 2.75) is 11.4 Å². The molecule has 0 unspecified atom stereocenters. The van der Waals surface area contributed by atoms with Crippen LogP contribution in [-0.2, 0) is 11.0 Å². The summed E-state index contributed by atoms with van der Waals surface area (Å²) in [5.41, 5.74) is -1.18. The molecule has 0 saturated carbocycles. The Hall–Kier alpha value is -2.33. The van der Waals surface area contributed by atoms with Crippen molar-refractivity contribution in [3.8, 4) is 10.8 Å². The van der Waals surface area contributed by atoms with E-state index in [0.717, 1.165) is 22.7 Å². The zero-order chi connectivity index (χ0) is 17.9. The van der Waals surface area contributed by atoms with E-state index in [-0.39, 0.29) is 16.7 Å². The second-order valence-corrected chi connectivity index (χ2v) is 6.60. The molecule has 1 N–H and O–H groups in total. The number of nitrogens with one attached hydrogen (secondary N) is 1. The van der Waals surface area contributed by atoms with E-state index in [9.17, 15) is 18.0 Å². The number of thioether (sulfide) groups is 1. The molecule has 0 atom stereocenters. The maximum Gasteiger partial charge on any atom is 0.418 e. The van der Waals surface area contributed by atoms with Gasteiger partial charge in [-0.3, -0.25) is 4.79 Å². The van der Waals surface area contributed by atoms with Crippen molar-refractivity contribution in [1.29, 1.82) is 0 Å². The van der Waals surface area contributed by atoms with Crippen LogP contribution in [0.5, 0.6) is 0 Å². The Labute approximate surface area is 148 Å². The van der Waals surface area contributed by atoms with E-state index < -0.39 is 17.6 Å². The first-order valence-corrected chi connectivity index (χ1v) is 8.76. The van der Waals surface area contributed by atoms with Gasteiger partial charge in [0.15, 0.2) is 0 Å². The van der Waals surface area contributed by atoms with Gasteiger partial charge in [0.1, 0.15) is 0 Å². The number of thiophene rings is 1. The lowest BCUT2D eigenvalue weighted by molar-refractivity contribution is -0.137. The average Bonchev–Trinajstić information content (AvgIpc) is 3.24. The molecule has 10 heteroatoms. The van der Waals surface area contributed by atoms with Crippen molar-refractivity contribution >= 4 is 34.7 Å². The highest BCUT2D eigenvalue weighted by Gasteiger charge is 2.33. The quantitative estimate of drug-likeness (QED) is 0.653. The maximum atomic E-state index is 12.9. The molecule has 1 aromatic carbocycles. The van der Waals surface area contributed by atoms with Crippen molar-refractivity contribution in [1.82, 2.24) is 10.2 Å². The number of para-hydroxylation sites is 1. The molecule has 0 radical (unpaired) electrons. The van der Waals surface area contributed by atoms with Crippen molar-refractivity contribution < 1.29 is 22.4 Å². The molecular weight excluding hydrogens is 375 g/mol. The summed E-state index contributed by atoms with van der Waals surface area (Å²) in [6.07, 6.45) is -4.54. The van der Waals surface area contributed by atoms with E-state index >= 15 is 0 Å². The van der Waals surface area contributed by atoms with Gasteiger partial charge in [-0.1, -0.05) is 30.0 Å². The molecule has 5 nitrogen and oxygen atoms in total. The normalized spacial score (nSPS) is 11.5. The standard InChI is InChI=1S/C15H10F3N3O2S2/c16-15(17,18)9-4-1-2-5-10(9)19-12(22)8-25-14-21-20-13(23-14)11-6-3-7-24-11/h1-7H,8H2,(H,19,22). The molecule has 1 amide bonds. The molecule has 0 aliphatic heterocycles. The Bertz CT molecular complexity index is 863. The predicted molar refractivity (Wildman–Crippen MR) is 88.4 cm³/mol. The minimum atomic E-state index is -4.54. The number of hydrogen-bond acceptors (Lipinski definition) is 6. The third-order valence-corrected chi connectivity index (χ3v) is 4.65. The second-order valence-electron chi connectivity index (χ2n) is 4.73. The summed E-state index contributed by atoms with van der Waals surface area (Å²) >= 11 is 2.38. The van der Waals surface area contributed by atoms with Gasteiger partial charge in [0, 0.05) is 0 Å². The Kier molecular flexibility index (Phi) is 5.09. The fraction of sp³-hybridized carbons (Fsp3) is 0.133. The maximum absolute atomic E-state index is 12.9. The smallest absolute Gasteiger partial charge is 0.410 e. The van der Waals surface area contributed by atoms with Crippen LogP contribution in [0.2, 0.25) is 0 Å². The first-order valence-electron chi connectivity index (χ1n) is 6.90. The minimum absolute atomic E-state index is 0.154. The van der Waals surface area contributed by atoms with Crippen LogP contribution >= 0.6 is 23.1 Å². The van der Waals surface area contributed by atoms with E-state index in [4.69, 9.17) is 4.42 Å². The van der Waals surface area contributed by atoms with Crippen LogP contribution in [0, 0.1) is 0 Å². The summed E-state index contributed by atoms with van der Waals surface area (Å²) in [4.78, 5) is 12.7. The zero-order valence-corrected chi connectivity index (χ0v) is 14.0. The molecule has 0 saturated heterocycles. The van der Waals surface area contributed by atoms with Crippen molar-refractivity contribution in [3.05, 3.63) is 47.3 Å². The van der Waals surface area contributed by atoms with E-state index in [2.05, 4.69) is 15.5 Å². The Morgan fingerprint density at radius 1 is 1.20 bits per heavy atom. The molecule has 3 rings (SSSR count). The second kappa shape index (κ2) is 7.28. The summed E-state index contributed by atoms with van der Waals surface area (Å²) in [5.74, 6) is -0.420. The van der Waals surface area contributed by atoms with E-state index in [0.29, 0.717) is 5.89 Å². The molecule has 0 aliphatic rings. The molecule has 2 heterocycles. The minimum Gasteiger partial charge on any atom is -0.410 e. The highest BCUT2D eigenvalue weighted by atomic mass is 32.2. The average molecular weight is 385 g/mol. The third kappa shape index (κ3) is 4.40. The van der Waals surface area contributed by atoms with Crippen LogP contribution in [0.1, 0.15) is 5.56 Å². The largest absolute Gasteiger partial charge is 0.418 e. The number of carbonyl (C=O) groups is 1. The van der Waals surface area contributed by atoms with Crippen LogP contribution in [-0.4, -0.2) is 21.9 Å². The number of amides is 1. The Balaban J connectivity index is 1.61. The summed E-state index contributed by atoms with van der Waals surface area (Å²) < 4.78 is 44.1. The van der Waals surface area contributed by atoms with E-state index in [1.54, 1.807) is 0 Å². The van der Waals surface area contributed by atoms with Crippen LogP contribution in [0.4, 0.5) is 18.9 Å². The summed E-state index contributed by atoms with van der Waals surface area (Å²) in [6.45, 7) is 0. The first-order chi connectivity index (χ1) is 11.9. The Morgan fingerprint density at radius 2 is 2.00 bits per heavy atom. The van der Waals surface area contributed by atoms with Gasteiger partial charge in [-0.25, -0.2) is 0 Å². The molecular formula is C15H10F3N3O2S2. The van der Waals surface area contributed by atoms with Crippen molar-refractivity contribution in [2.75, 3.05) is 11.1 Å². The summed E-state index contributed by atoms with van der Waals surface area (Å²) in [7, 11) is 0. The molecule has 130 valence electrons. The fourth-order valence-electron chi connectivity index (χ4n) is 1.92. The number of benzene rings is 1. The number of nitrogens with zero attached hydrogens (tertiary/aromatic N) is 2. The van der Waals surface area contributed by atoms with Gasteiger partial charge in [-0.15, -0.1) is 21.5 Å². The van der Waals surface area contributed by atoms with Gasteiger partial charge in [0.25, 0.3) is 11.1 Å². The summed E-state index contributed by atoms with van der Waals surface area (Å²) in [6, 6.07) is 8.44. The first kappa shape index (κ1) is 17.5. The number of aromatic nitrogens is 2. The lowest BCUT2D eigenvalue weighted by atomic mass is 10.1. The topological polar surface area (TPSA) is 68.0 Å². The highest BCUT2D eigenvalue weighted by molar-refractivity contribution is 7.99. The SMILES string of the molecule is O=C(CSc1nnc(-c2cccs2)o1)Nc1ccccc1C(F)(F)F. The predicted octanol–water partition coefficient (Wildman–Crippen LogP) is 4.55. The van der Waals surface area contributed by atoms with Gasteiger partial charge < -0.3 is 9.73 Å². The highest BCUT2D eigenvalue weighted by Crippen LogP contribution is 2.34. The van der Waals surface area contributed by atoms with Crippen LogP contribution < -0.4 is 5.32 Å². The van der Waals surface area contributed by atoms with Gasteiger partial charge >= 0.3 is 6.18 Å². The molecule has 2 aromatic heterocycles. The number of rotatable bonds is 5. The van der Waals surface area contributed by atoms with Gasteiger partial charge in [0.2, 0.25) is 5.91 Å². The van der Waals surface area contributed by atoms with E-state index in [1.807, 2.05) is 17.5 Å². The zero-order valence-electron chi connectivity index (χ0n) is 12.4. The van der Waals surface area contributed by atoms with E-state index in [1.165, 1.54) is 29.5 Å². The van der Waals surface area contributed by atoms with Crippen LogP contribution in [0.25, 0.3) is 10.8 Å². The van der Waals surface area contributed by atoms with Crippen LogP contribution in [0.15, 0.2) is 51.4 Å². The molecule has 25 heavy (non-hydrogen) atoms. The molecule has 0 aliphatic carbocycles.